The van der Waals surface area contributed by atoms with Crippen LogP contribution in [0.3, 0.4) is 0 Å². The summed E-state index contributed by atoms with van der Waals surface area (Å²) in [5, 5.41) is 0. The zero-order chi connectivity index (χ0) is 8.43. The second kappa shape index (κ2) is 3.17. The lowest BCUT2D eigenvalue weighted by Gasteiger charge is -2.07. The normalized spacial score (nSPS) is 9.73. The van der Waals surface area contributed by atoms with E-state index in [4.69, 9.17) is 7.85 Å². The number of hydrogen-bond donors (Lipinski definition) is 0. The van der Waals surface area contributed by atoms with Crippen LogP contribution in [0, 0.1) is 13.8 Å². The second-order valence-corrected chi connectivity index (χ2v) is 2.85. The molecule has 0 amide bonds. The lowest BCUT2D eigenvalue weighted by Crippen LogP contribution is -2.22. The Hall–Kier alpha value is -0.650. The zero-order valence-electron chi connectivity index (χ0n) is 7.31. The van der Waals surface area contributed by atoms with Gasteiger partial charge in [0.2, 0.25) is 0 Å². The Bertz CT molecular complexity index is 267. The van der Waals surface area contributed by atoms with Crippen LogP contribution in [0.15, 0.2) is 12.1 Å². The maximum atomic E-state index is 5.75. The first-order valence-corrected chi connectivity index (χ1v) is 3.81. The Balaban J connectivity index is 3.21. The Kier molecular flexibility index (Phi) is 2.43. The average Bonchev–Trinajstić information content (AvgIpc) is 1.97. The highest BCUT2D eigenvalue weighted by Gasteiger charge is 1.98. The van der Waals surface area contributed by atoms with Gasteiger partial charge in [0.25, 0.3) is 0 Å². The maximum absolute atomic E-state index is 5.75. The zero-order valence-corrected chi connectivity index (χ0v) is 7.31. The predicted molar refractivity (Wildman–Crippen MR) is 52.6 cm³/mol. The Morgan fingerprint density at radius 2 is 1.82 bits per heavy atom. The molecule has 3 radical (unpaired) electrons. The first kappa shape index (κ1) is 8.45. The highest BCUT2D eigenvalue weighted by atomic mass is 14.0. The average molecular weight is 141 g/mol. The minimum atomic E-state index is 0.878. The van der Waals surface area contributed by atoms with Gasteiger partial charge in [-0.05, 0) is 13.8 Å². The van der Waals surface area contributed by atoms with Crippen molar-refractivity contribution in [3.8, 4) is 0 Å². The summed E-state index contributed by atoms with van der Waals surface area (Å²) in [5.74, 6) is 0. The molecule has 0 aliphatic carbocycles. The molecule has 0 N–H and O–H groups in total. The minimum Gasteiger partial charge on any atom is -0.0943 e. The van der Waals surface area contributed by atoms with Gasteiger partial charge < -0.3 is 0 Å². The summed E-state index contributed by atoms with van der Waals surface area (Å²) in [6.07, 6.45) is 0. The topological polar surface area (TPSA) is 0 Å². The van der Waals surface area contributed by atoms with E-state index in [0.717, 1.165) is 11.0 Å². The number of aryl methyl sites for hydroxylation is 2. The summed E-state index contributed by atoms with van der Waals surface area (Å²) < 4.78 is 0. The number of benzene rings is 1. The predicted octanol–water partition coefficient (Wildman–Crippen LogP) is 0.475. The molecular weight excluding hydrogens is 130 g/mol. The summed E-state index contributed by atoms with van der Waals surface area (Å²) in [4.78, 5) is 0. The Labute approximate surface area is 70.7 Å². The fourth-order valence-corrected chi connectivity index (χ4v) is 1.20. The van der Waals surface area contributed by atoms with Crippen LogP contribution in [0.5, 0.6) is 0 Å². The molecule has 0 aromatic heterocycles. The molecule has 0 fully saturated rings. The molecule has 1 aromatic carbocycles. The number of hydrogen-bond acceptors (Lipinski definition) is 0. The van der Waals surface area contributed by atoms with Gasteiger partial charge in [0.05, 0.1) is 0 Å². The van der Waals surface area contributed by atoms with Crippen LogP contribution in [0.4, 0.5) is 0 Å². The summed E-state index contributed by atoms with van der Waals surface area (Å²) in [5.41, 5.74) is 4.56. The molecule has 0 nitrogen and oxygen atoms in total. The fraction of sp³-hybridized carbons (Fsp3) is 0.333. The quantitative estimate of drug-likeness (QED) is 0.498. The molecule has 2 heteroatoms. The molecule has 0 saturated carbocycles. The molecule has 0 spiro atoms. The molecule has 0 atom stereocenters. The minimum absolute atomic E-state index is 0.878. The van der Waals surface area contributed by atoms with Crippen LogP contribution in [-0.4, -0.2) is 15.1 Å². The van der Waals surface area contributed by atoms with Crippen LogP contribution in [-0.2, 0) is 0 Å². The molecule has 0 saturated heterocycles. The van der Waals surface area contributed by atoms with E-state index in [1.54, 1.807) is 0 Å². The van der Waals surface area contributed by atoms with Crippen molar-refractivity contribution in [1.29, 1.82) is 0 Å². The third-order valence-electron chi connectivity index (χ3n) is 1.97. The summed E-state index contributed by atoms with van der Waals surface area (Å²) in [7, 11) is 7.82. The smallest absolute Gasteiger partial charge is 0.0943 e. The lowest BCUT2D eigenvalue weighted by atomic mass is 9.68. The van der Waals surface area contributed by atoms with E-state index in [1.165, 1.54) is 11.0 Å². The van der Waals surface area contributed by atoms with E-state index in [1.807, 2.05) is 19.8 Å². The molecule has 0 aliphatic rings. The van der Waals surface area contributed by atoms with E-state index >= 15 is 0 Å². The molecule has 11 heavy (non-hydrogen) atoms. The van der Waals surface area contributed by atoms with Crippen LogP contribution in [0.25, 0.3) is 0 Å². The fourth-order valence-electron chi connectivity index (χ4n) is 1.20. The molecular formula is C9H11B2. The van der Waals surface area contributed by atoms with Crippen molar-refractivity contribution in [2.75, 3.05) is 0 Å². The van der Waals surface area contributed by atoms with Crippen LogP contribution < -0.4 is 10.9 Å². The SMILES string of the molecule is [B]c1cc([B]C)c(C)cc1C. The van der Waals surface area contributed by atoms with Gasteiger partial charge in [-0.15, -0.1) is 0 Å². The number of rotatable bonds is 1. The third kappa shape index (κ3) is 1.68. The van der Waals surface area contributed by atoms with E-state index in [0.29, 0.717) is 0 Å². The molecule has 0 heterocycles. The van der Waals surface area contributed by atoms with Crippen molar-refractivity contribution >= 4 is 26.1 Å². The van der Waals surface area contributed by atoms with E-state index in [2.05, 4.69) is 20.3 Å². The van der Waals surface area contributed by atoms with Gasteiger partial charge in [-0.2, -0.15) is 0 Å². The van der Waals surface area contributed by atoms with Crippen molar-refractivity contribution in [1.82, 2.24) is 0 Å². The van der Waals surface area contributed by atoms with Crippen molar-refractivity contribution < 1.29 is 0 Å². The van der Waals surface area contributed by atoms with Crippen molar-refractivity contribution in [2.45, 2.75) is 20.7 Å². The van der Waals surface area contributed by atoms with Gasteiger partial charge in [0, 0.05) is 0 Å². The van der Waals surface area contributed by atoms with Crippen molar-refractivity contribution in [3.63, 3.8) is 0 Å². The van der Waals surface area contributed by atoms with E-state index < -0.39 is 0 Å². The molecule has 0 aliphatic heterocycles. The third-order valence-corrected chi connectivity index (χ3v) is 1.97. The summed E-state index contributed by atoms with van der Waals surface area (Å²) in [6, 6.07) is 4.13. The monoisotopic (exact) mass is 141 g/mol. The van der Waals surface area contributed by atoms with Gasteiger partial charge in [-0.3, -0.25) is 0 Å². The molecule has 1 rings (SSSR count). The van der Waals surface area contributed by atoms with Crippen molar-refractivity contribution in [3.05, 3.63) is 23.3 Å². The molecule has 0 bridgehead atoms. The molecule has 1 aromatic rings. The van der Waals surface area contributed by atoms with Gasteiger partial charge in [0.1, 0.15) is 15.1 Å². The van der Waals surface area contributed by atoms with Crippen LogP contribution in [0.1, 0.15) is 11.1 Å². The molecule has 0 unspecified atom stereocenters. The lowest BCUT2D eigenvalue weighted by molar-refractivity contribution is 1.44. The van der Waals surface area contributed by atoms with E-state index in [9.17, 15) is 0 Å². The van der Waals surface area contributed by atoms with Gasteiger partial charge in [-0.1, -0.05) is 41.0 Å². The second-order valence-electron chi connectivity index (χ2n) is 2.85. The summed E-state index contributed by atoms with van der Waals surface area (Å²) in [6.45, 7) is 6.15. The first-order valence-electron chi connectivity index (χ1n) is 3.81. The van der Waals surface area contributed by atoms with E-state index in [-0.39, 0.29) is 0 Å². The maximum Gasteiger partial charge on any atom is 0.148 e. The van der Waals surface area contributed by atoms with Gasteiger partial charge in [0.15, 0.2) is 0 Å². The molecule has 53 valence electrons. The standard InChI is InChI=1S/C9H11B2/c1-6-4-7(2)9(11-3)5-8(6)10/h4-5H,1-3H3. The largest absolute Gasteiger partial charge is 0.148 e. The highest BCUT2D eigenvalue weighted by Crippen LogP contribution is 1.96. The Morgan fingerprint density at radius 1 is 1.18 bits per heavy atom. The van der Waals surface area contributed by atoms with Crippen LogP contribution >= 0.6 is 0 Å². The van der Waals surface area contributed by atoms with Crippen LogP contribution in [0.2, 0.25) is 6.82 Å². The first-order chi connectivity index (χ1) is 5.15. The highest BCUT2D eigenvalue weighted by molar-refractivity contribution is 6.53. The Morgan fingerprint density at radius 3 is 2.36 bits per heavy atom. The van der Waals surface area contributed by atoms with Crippen molar-refractivity contribution in [2.24, 2.45) is 0 Å². The summed E-state index contributed by atoms with van der Waals surface area (Å²) >= 11 is 0. The van der Waals surface area contributed by atoms with Gasteiger partial charge >= 0.3 is 0 Å². The van der Waals surface area contributed by atoms with Gasteiger partial charge in [-0.25, -0.2) is 0 Å².